The lowest BCUT2D eigenvalue weighted by Gasteiger charge is -2.56. The van der Waals surface area contributed by atoms with Crippen molar-refractivity contribution in [2.24, 2.45) is 23.2 Å². The van der Waals surface area contributed by atoms with Gasteiger partial charge in [-0.1, -0.05) is 0 Å². The van der Waals surface area contributed by atoms with E-state index in [9.17, 15) is 14.4 Å². The highest BCUT2D eigenvalue weighted by Gasteiger charge is 2.51. The van der Waals surface area contributed by atoms with Crippen molar-refractivity contribution in [1.82, 2.24) is 10.6 Å². The summed E-state index contributed by atoms with van der Waals surface area (Å²) in [7, 11) is 0. The van der Waals surface area contributed by atoms with E-state index in [0.29, 0.717) is 25.8 Å². The lowest BCUT2D eigenvalue weighted by Crippen LogP contribution is -2.48. The predicted molar refractivity (Wildman–Crippen MR) is 92.7 cm³/mol. The third-order valence-corrected chi connectivity index (χ3v) is 6.29. The zero-order valence-electron chi connectivity index (χ0n) is 14.9. The van der Waals surface area contributed by atoms with E-state index in [1.807, 2.05) is 0 Å². The van der Waals surface area contributed by atoms with Gasteiger partial charge in [0.25, 0.3) is 0 Å². The number of amides is 2. The first kappa shape index (κ1) is 18.2. The van der Waals surface area contributed by atoms with Gasteiger partial charge < -0.3 is 15.7 Å². The Kier molecular flexibility index (Phi) is 5.64. The maximum absolute atomic E-state index is 12.3. The lowest BCUT2D eigenvalue weighted by atomic mass is 9.49. The van der Waals surface area contributed by atoms with Crippen molar-refractivity contribution in [3.63, 3.8) is 0 Å². The number of nitrogens with one attached hydrogen (secondary N) is 2. The highest BCUT2D eigenvalue weighted by atomic mass is 16.4. The van der Waals surface area contributed by atoms with Gasteiger partial charge in [-0.15, -0.1) is 0 Å². The first-order valence-electron chi connectivity index (χ1n) is 9.69. The van der Waals surface area contributed by atoms with E-state index < -0.39 is 5.97 Å². The molecule has 4 aliphatic rings. The smallest absolute Gasteiger partial charge is 0.303 e. The average Bonchev–Trinajstić information content (AvgIpc) is 2.50. The fraction of sp³-hybridized carbons (Fsp3) is 0.842. The van der Waals surface area contributed by atoms with E-state index in [1.54, 1.807) is 0 Å². The van der Waals surface area contributed by atoms with Crippen molar-refractivity contribution >= 4 is 17.8 Å². The number of unbranched alkanes of at least 4 members (excludes halogenated alkanes) is 1. The van der Waals surface area contributed by atoms with Crippen LogP contribution < -0.4 is 10.6 Å². The quantitative estimate of drug-likeness (QED) is 0.555. The molecule has 4 bridgehead atoms. The summed E-state index contributed by atoms with van der Waals surface area (Å²) in [5, 5.41) is 14.0. The Hall–Kier alpha value is -1.59. The maximum Gasteiger partial charge on any atom is 0.303 e. The van der Waals surface area contributed by atoms with Crippen molar-refractivity contribution in [3.05, 3.63) is 0 Å². The van der Waals surface area contributed by atoms with Gasteiger partial charge in [0.2, 0.25) is 11.8 Å². The average molecular weight is 350 g/mol. The topological polar surface area (TPSA) is 95.5 Å². The standard InChI is InChI=1S/C19H30N2O4/c22-16(21-12-17(23)20-4-2-1-3-18(24)25)11-19-8-13-5-14(9-19)7-15(6-13)10-19/h13-15H,1-12H2,(H,20,23)(H,21,22)(H,24,25). The van der Waals surface area contributed by atoms with Crippen LogP contribution in [-0.4, -0.2) is 36.0 Å². The second-order valence-corrected chi connectivity index (χ2v) is 8.57. The molecule has 6 heteroatoms. The highest BCUT2D eigenvalue weighted by Crippen LogP contribution is 2.61. The van der Waals surface area contributed by atoms with Crippen molar-refractivity contribution in [2.45, 2.75) is 64.2 Å². The van der Waals surface area contributed by atoms with E-state index in [-0.39, 0.29) is 30.2 Å². The van der Waals surface area contributed by atoms with Crippen molar-refractivity contribution in [2.75, 3.05) is 13.1 Å². The third-order valence-electron chi connectivity index (χ3n) is 6.29. The Labute approximate surface area is 149 Å². The molecular formula is C19H30N2O4. The van der Waals surface area contributed by atoms with E-state index in [0.717, 1.165) is 17.8 Å². The molecule has 25 heavy (non-hydrogen) atoms. The summed E-state index contributed by atoms with van der Waals surface area (Å²) in [6, 6.07) is 0. The first-order valence-corrected chi connectivity index (χ1v) is 9.69. The van der Waals surface area contributed by atoms with Gasteiger partial charge in [0.15, 0.2) is 0 Å². The van der Waals surface area contributed by atoms with Gasteiger partial charge in [-0.05, 0) is 74.5 Å². The van der Waals surface area contributed by atoms with E-state index in [4.69, 9.17) is 5.11 Å². The molecule has 0 aromatic carbocycles. The van der Waals surface area contributed by atoms with E-state index in [1.165, 1.54) is 38.5 Å². The van der Waals surface area contributed by atoms with Crippen LogP contribution in [0.3, 0.4) is 0 Å². The summed E-state index contributed by atoms with van der Waals surface area (Å²) in [4.78, 5) is 34.5. The number of aliphatic carboxylic acids is 1. The number of carbonyl (C=O) groups excluding carboxylic acids is 2. The van der Waals surface area contributed by atoms with Crippen LogP contribution >= 0.6 is 0 Å². The van der Waals surface area contributed by atoms with Gasteiger partial charge >= 0.3 is 5.97 Å². The summed E-state index contributed by atoms with van der Waals surface area (Å²) in [5.74, 6) is 1.47. The minimum atomic E-state index is -0.816. The number of carbonyl (C=O) groups is 3. The fourth-order valence-corrected chi connectivity index (χ4v) is 5.78. The largest absolute Gasteiger partial charge is 0.481 e. The summed E-state index contributed by atoms with van der Waals surface area (Å²) in [6.45, 7) is 0.473. The van der Waals surface area contributed by atoms with Crippen molar-refractivity contribution < 1.29 is 19.5 Å². The van der Waals surface area contributed by atoms with Crippen molar-refractivity contribution in [1.29, 1.82) is 0 Å². The molecule has 140 valence electrons. The molecule has 0 unspecified atom stereocenters. The predicted octanol–water partition coefficient (Wildman–Crippen LogP) is 2.08. The summed E-state index contributed by atoms with van der Waals surface area (Å²) in [6.07, 6.45) is 9.57. The van der Waals surface area contributed by atoms with Gasteiger partial charge in [-0.2, -0.15) is 0 Å². The minimum Gasteiger partial charge on any atom is -0.481 e. The zero-order valence-corrected chi connectivity index (χ0v) is 14.9. The van der Waals surface area contributed by atoms with Gasteiger partial charge in [0.1, 0.15) is 0 Å². The molecule has 0 saturated heterocycles. The fourth-order valence-electron chi connectivity index (χ4n) is 5.78. The Bertz CT molecular complexity index is 496. The summed E-state index contributed by atoms with van der Waals surface area (Å²) in [5.41, 5.74) is 0.201. The van der Waals surface area contributed by atoms with E-state index >= 15 is 0 Å². The molecule has 0 atom stereocenters. The van der Waals surface area contributed by atoms with Crippen LogP contribution in [-0.2, 0) is 14.4 Å². The molecule has 0 heterocycles. The Morgan fingerprint density at radius 3 is 2.04 bits per heavy atom. The molecule has 6 nitrogen and oxygen atoms in total. The number of carboxylic acids is 1. The number of rotatable bonds is 9. The second kappa shape index (κ2) is 7.75. The SMILES string of the molecule is O=C(O)CCCCNC(=O)CNC(=O)CC12CC3CC(CC(C3)C1)C2. The normalized spacial score (nSPS) is 32.4. The Morgan fingerprint density at radius 2 is 1.48 bits per heavy atom. The molecular weight excluding hydrogens is 320 g/mol. The summed E-state index contributed by atoms with van der Waals surface area (Å²) >= 11 is 0. The second-order valence-electron chi connectivity index (χ2n) is 8.57. The molecule has 0 aromatic rings. The minimum absolute atomic E-state index is 0.00276. The number of carboxylic acid groups (broad SMARTS) is 1. The van der Waals surface area contributed by atoms with E-state index in [2.05, 4.69) is 10.6 Å². The number of hydrogen-bond acceptors (Lipinski definition) is 3. The lowest BCUT2D eigenvalue weighted by molar-refractivity contribution is -0.137. The van der Waals surface area contributed by atoms with Crippen LogP contribution in [0.15, 0.2) is 0 Å². The highest BCUT2D eigenvalue weighted by molar-refractivity contribution is 5.84. The van der Waals surface area contributed by atoms with Crippen LogP contribution in [0.25, 0.3) is 0 Å². The van der Waals surface area contributed by atoms with Gasteiger partial charge in [0.05, 0.1) is 6.54 Å². The zero-order chi connectivity index (χ0) is 17.9. The van der Waals surface area contributed by atoms with Crippen LogP contribution in [0.4, 0.5) is 0 Å². The van der Waals surface area contributed by atoms with Crippen LogP contribution in [0, 0.1) is 23.2 Å². The monoisotopic (exact) mass is 350 g/mol. The molecule has 0 spiro atoms. The van der Waals surface area contributed by atoms with Crippen LogP contribution in [0.1, 0.15) is 64.2 Å². The molecule has 0 aliphatic heterocycles. The van der Waals surface area contributed by atoms with Gasteiger partial charge in [-0.3, -0.25) is 14.4 Å². The molecule has 0 aromatic heterocycles. The van der Waals surface area contributed by atoms with Crippen molar-refractivity contribution in [3.8, 4) is 0 Å². The maximum atomic E-state index is 12.3. The molecule has 2 amide bonds. The Morgan fingerprint density at radius 1 is 0.880 bits per heavy atom. The number of hydrogen-bond donors (Lipinski definition) is 3. The molecule has 0 radical (unpaired) electrons. The van der Waals surface area contributed by atoms with Gasteiger partial charge in [-0.25, -0.2) is 0 Å². The molecule has 3 N–H and O–H groups in total. The molecule has 4 saturated carbocycles. The third kappa shape index (κ3) is 4.95. The van der Waals surface area contributed by atoms with Gasteiger partial charge in [0, 0.05) is 19.4 Å². The first-order chi connectivity index (χ1) is 11.9. The Balaban J connectivity index is 1.33. The molecule has 4 aliphatic carbocycles. The molecule has 4 fully saturated rings. The molecule has 4 rings (SSSR count). The van der Waals surface area contributed by atoms with Crippen LogP contribution in [0.5, 0.6) is 0 Å². The summed E-state index contributed by atoms with van der Waals surface area (Å²) < 4.78 is 0. The van der Waals surface area contributed by atoms with Crippen LogP contribution in [0.2, 0.25) is 0 Å².